The molecule has 0 aliphatic carbocycles. The second-order valence-electron chi connectivity index (χ2n) is 7.88. The molecule has 1 unspecified atom stereocenters. The van der Waals surface area contributed by atoms with E-state index in [1.165, 1.54) is 16.4 Å². The number of nitrogens with zero attached hydrogens (tertiary/aromatic N) is 5. The summed E-state index contributed by atoms with van der Waals surface area (Å²) in [5, 5.41) is 18.8. The van der Waals surface area contributed by atoms with Gasteiger partial charge >= 0.3 is 0 Å². The summed E-state index contributed by atoms with van der Waals surface area (Å²) in [4.78, 5) is 15.4. The average Bonchev–Trinajstić information content (AvgIpc) is 3.33. The molecule has 1 aliphatic heterocycles. The first-order valence-electron chi connectivity index (χ1n) is 10.3. The van der Waals surface area contributed by atoms with Gasteiger partial charge in [0.05, 0.1) is 9.82 Å². The fourth-order valence-electron chi connectivity index (χ4n) is 3.74. The predicted octanol–water partition coefficient (Wildman–Crippen LogP) is 3.21. The van der Waals surface area contributed by atoms with E-state index in [-0.39, 0.29) is 22.2 Å². The van der Waals surface area contributed by atoms with Crippen LogP contribution in [0.2, 0.25) is 0 Å². The van der Waals surface area contributed by atoms with Crippen molar-refractivity contribution in [3.05, 3.63) is 70.7 Å². The third-order valence-electron chi connectivity index (χ3n) is 5.45. The topological polar surface area (TPSA) is 123 Å². The number of sulfonamides is 1. The molecule has 1 N–H and O–H groups in total. The minimum absolute atomic E-state index is 0.0610. The summed E-state index contributed by atoms with van der Waals surface area (Å²) in [6.07, 6.45) is 6.87. The number of hydrogen-bond acceptors (Lipinski definition) is 7. The minimum atomic E-state index is -3.78. The number of anilines is 1. The first-order chi connectivity index (χ1) is 15.3. The average molecular weight is 457 g/mol. The van der Waals surface area contributed by atoms with Gasteiger partial charge in [-0.25, -0.2) is 18.1 Å². The van der Waals surface area contributed by atoms with Crippen LogP contribution in [0.25, 0.3) is 5.82 Å². The first-order valence-corrected chi connectivity index (χ1v) is 11.8. The number of rotatable bonds is 7. The SMILES string of the molecule is CC1CCCN(S(=O)(=O)c2ccc(NCc3ccc(-n4cccn4)nc3)c([N+](=O)[O-])c2)C1. The van der Waals surface area contributed by atoms with Gasteiger partial charge in [-0.05, 0) is 48.6 Å². The lowest BCUT2D eigenvalue weighted by atomic mass is 10.0. The van der Waals surface area contributed by atoms with Crippen molar-refractivity contribution in [3.8, 4) is 5.82 Å². The Labute approximate surface area is 186 Å². The van der Waals surface area contributed by atoms with Gasteiger partial charge in [0.1, 0.15) is 5.69 Å². The fraction of sp³-hybridized carbons (Fsp3) is 0.333. The van der Waals surface area contributed by atoms with Gasteiger partial charge in [-0.3, -0.25) is 10.1 Å². The number of benzene rings is 1. The molecule has 2 aromatic heterocycles. The maximum atomic E-state index is 13.0. The van der Waals surface area contributed by atoms with Crippen LogP contribution < -0.4 is 5.32 Å². The lowest BCUT2D eigenvalue weighted by Crippen LogP contribution is -2.39. The van der Waals surface area contributed by atoms with Crippen LogP contribution in [0.4, 0.5) is 11.4 Å². The summed E-state index contributed by atoms with van der Waals surface area (Å²) in [5.41, 5.74) is 0.781. The highest BCUT2D eigenvalue weighted by Crippen LogP contribution is 2.31. The van der Waals surface area contributed by atoms with E-state index in [1.54, 1.807) is 35.4 Å². The molecule has 0 saturated carbocycles. The Morgan fingerprint density at radius 3 is 2.78 bits per heavy atom. The highest BCUT2D eigenvalue weighted by atomic mass is 32.2. The molecule has 0 amide bonds. The summed E-state index contributed by atoms with van der Waals surface area (Å²) >= 11 is 0. The van der Waals surface area contributed by atoms with Crippen molar-refractivity contribution >= 4 is 21.4 Å². The highest BCUT2D eigenvalue weighted by molar-refractivity contribution is 7.89. The second-order valence-corrected chi connectivity index (χ2v) is 9.81. The van der Waals surface area contributed by atoms with Gasteiger partial charge in [-0.15, -0.1) is 0 Å². The van der Waals surface area contributed by atoms with E-state index < -0.39 is 14.9 Å². The van der Waals surface area contributed by atoms with Crippen molar-refractivity contribution in [2.45, 2.75) is 31.2 Å². The van der Waals surface area contributed by atoms with E-state index in [2.05, 4.69) is 15.4 Å². The van der Waals surface area contributed by atoms with E-state index in [9.17, 15) is 18.5 Å². The van der Waals surface area contributed by atoms with E-state index in [4.69, 9.17) is 0 Å². The lowest BCUT2D eigenvalue weighted by molar-refractivity contribution is -0.384. The normalized spacial score (nSPS) is 17.2. The van der Waals surface area contributed by atoms with Crippen molar-refractivity contribution in [1.82, 2.24) is 19.1 Å². The Bertz CT molecular complexity index is 1200. The van der Waals surface area contributed by atoms with Gasteiger partial charge in [-0.2, -0.15) is 9.40 Å². The third-order valence-corrected chi connectivity index (χ3v) is 7.32. The first kappa shape index (κ1) is 21.9. The van der Waals surface area contributed by atoms with Crippen molar-refractivity contribution < 1.29 is 13.3 Å². The number of nitrogens with one attached hydrogen (secondary N) is 1. The molecule has 1 aromatic carbocycles. The zero-order chi connectivity index (χ0) is 22.7. The maximum Gasteiger partial charge on any atom is 0.293 e. The molecule has 1 atom stereocenters. The van der Waals surface area contributed by atoms with Gasteiger partial charge in [0.25, 0.3) is 5.69 Å². The molecule has 10 nitrogen and oxygen atoms in total. The smallest absolute Gasteiger partial charge is 0.293 e. The predicted molar refractivity (Wildman–Crippen MR) is 119 cm³/mol. The van der Waals surface area contributed by atoms with Gasteiger partial charge in [0.2, 0.25) is 10.0 Å². The van der Waals surface area contributed by atoms with Gasteiger partial charge in [0.15, 0.2) is 5.82 Å². The Morgan fingerprint density at radius 2 is 2.12 bits per heavy atom. The summed E-state index contributed by atoms with van der Waals surface area (Å²) in [7, 11) is -3.78. The van der Waals surface area contributed by atoms with Crippen LogP contribution in [0, 0.1) is 16.0 Å². The van der Waals surface area contributed by atoms with E-state index in [0.717, 1.165) is 24.5 Å². The van der Waals surface area contributed by atoms with Gasteiger partial charge < -0.3 is 5.32 Å². The molecule has 32 heavy (non-hydrogen) atoms. The fourth-order valence-corrected chi connectivity index (χ4v) is 5.36. The standard InChI is InChI=1S/C21H24N6O4S/c1-16-4-2-10-25(15-16)32(30,31)18-6-7-19(20(12-18)27(28)29)22-13-17-5-8-21(23-14-17)26-11-3-9-24-26/h3,5-9,11-12,14,16,22H,2,4,10,13,15H2,1H3. The molecule has 4 rings (SSSR count). The number of aromatic nitrogens is 3. The molecule has 11 heteroatoms. The van der Waals surface area contributed by atoms with Gasteiger partial charge in [0, 0.05) is 44.3 Å². The Hall–Kier alpha value is -3.31. The molecule has 1 fully saturated rings. The van der Waals surface area contributed by atoms with Crippen LogP contribution >= 0.6 is 0 Å². The van der Waals surface area contributed by atoms with Crippen molar-refractivity contribution in [2.75, 3.05) is 18.4 Å². The number of nitro benzene ring substituents is 1. The maximum absolute atomic E-state index is 13.0. The zero-order valence-corrected chi connectivity index (χ0v) is 18.4. The van der Waals surface area contributed by atoms with Crippen LogP contribution in [0.1, 0.15) is 25.3 Å². The number of hydrogen-bond donors (Lipinski definition) is 1. The number of pyridine rings is 1. The van der Waals surface area contributed by atoms with Crippen LogP contribution in [0.5, 0.6) is 0 Å². The molecule has 0 radical (unpaired) electrons. The van der Waals surface area contributed by atoms with Crippen LogP contribution in [-0.2, 0) is 16.6 Å². The Balaban J connectivity index is 1.51. The molecular formula is C21H24N6O4S. The summed E-state index contributed by atoms with van der Waals surface area (Å²) in [5.74, 6) is 0.925. The van der Waals surface area contributed by atoms with E-state index in [1.807, 2.05) is 13.0 Å². The molecule has 168 valence electrons. The van der Waals surface area contributed by atoms with E-state index >= 15 is 0 Å². The Kier molecular flexibility index (Phi) is 6.19. The van der Waals surface area contributed by atoms with Crippen LogP contribution in [0.15, 0.2) is 59.9 Å². The molecule has 0 spiro atoms. The van der Waals surface area contributed by atoms with Crippen molar-refractivity contribution in [1.29, 1.82) is 0 Å². The highest BCUT2D eigenvalue weighted by Gasteiger charge is 2.30. The summed E-state index contributed by atoms with van der Waals surface area (Å²) in [6, 6.07) is 9.45. The summed E-state index contributed by atoms with van der Waals surface area (Å²) < 4.78 is 29.0. The van der Waals surface area contributed by atoms with Crippen molar-refractivity contribution in [3.63, 3.8) is 0 Å². The van der Waals surface area contributed by atoms with Crippen molar-refractivity contribution in [2.24, 2.45) is 5.92 Å². The summed E-state index contributed by atoms with van der Waals surface area (Å²) in [6.45, 7) is 3.16. The van der Waals surface area contributed by atoms with Crippen LogP contribution in [0.3, 0.4) is 0 Å². The number of piperidine rings is 1. The molecule has 3 heterocycles. The monoisotopic (exact) mass is 456 g/mol. The van der Waals surface area contributed by atoms with E-state index in [0.29, 0.717) is 25.5 Å². The third kappa shape index (κ3) is 4.63. The minimum Gasteiger partial charge on any atom is -0.375 e. The quantitative estimate of drug-likeness (QED) is 0.428. The second kappa shape index (κ2) is 9.05. The molecular weight excluding hydrogens is 432 g/mol. The number of nitro groups is 1. The van der Waals surface area contributed by atoms with Gasteiger partial charge in [-0.1, -0.05) is 13.0 Å². The van der Waals surface area contributed by atoms with Crippen LogP contribution in [-0.4, -0.2) is 45.5 Å². The Morgan fingerprint density at radius 1 is 1.28 bits per heavy atom. The molecule has 1 aliphatic rings. The largest absolute Gasteiger partial charge is 0.375 e. The lowest BCUT2D eigenvalue weighted by Gasteiger charge is -2.30. The molecule has 3 aromatic rings. The zero-order valence-electron chi connectivity index (χ0n) is 17.6. The molecule has 0 bridgehead atoms. The molecule has 1 saturated heterocycles.